The SMILES string of the molecule is CC1(CC(=O)OCCCO)OCC(COO)O1. The van der Waals surface area contributed by atoms with Gasteiger partial charge in [0.05, 0.1) is 19.6 Å². The predicted octanol–water partition coefficient (Wildman–Crippen LogP) is -0.0767. The maximum absolute atomic E-state index is 11.4. The Morgan fingerprint density at radius 2 is 2.35 bits per heavy atom. The summed E-state index contributed by atoms with van der Waals surface area (Å²) < 4.78 is 15.6. The number of carbonyl (C=O) groups is 1. The number of aliphatic hydroxyl groups is 1. The van der Waals surface area contributed by atoms with E-state index in [4.69, 9.17) is 24.6 Å². The molecule has 17 heavy (non-hydrogen) atoms. The van der Waals surface area contributed by atoms with Crippen molar-refractivity contribution in [1.29, 1.82) is 0 Å². The van der Waals surface area contributed by atoms with E-state index in [-0.39, 0.29) is 32.8 Å². The molecule has 0 radical (unpaired) electrons. The third-order valence-electron chi connectivity index (χ3n) is 2.28. The highest BCUT2D eigenvalue weighted by molar-refractivity contribution is 5.70. The topological polar surface area (TPSA) is 94.5 Å². The number of aliphatic hydroxyl groups excluding tert-OH is 1. The quantitative estimate of drug-likeness (QED) is 0.282. The molecule has 0 saturated carbocycles. The third kappa shape index (κ3) is 4.97. The van der Waals surface area contributed by atoms with E-state index in [1.807, 2.05) is 0 Å². The van der Waals surface area contributed by atoms with Crippen molar-refractivity contribution in [1.82, 2.24) is 0 Å². The predicted molar refractivity (Wildman–Crippen MR) is 55.1 cm³/mol. The highest BCUT2D eigenvalue weighted by Crippen LogP contribution is 2.27. The molecular weight excluding hydrogens is 232 g/mol. The van der Waals surface area contributed by atoms with Gasteiger partial charge in [0.1, 0.15) is 12.7 Å². The molecule has 0 aliphatic carbocycles. The Morgan fingerprint density at radius 3 is 3.00 bits per heavy atom. The third-order valence-corrected chi connectivity index (χ3v) is 2.28. The van der Waals surface area contributed by atoms with Crippen molar-refractivity contribution < 1.29 is 34.3 Å². The lowest BCUT2D eigenvalue weighted by atomic mass is 10.2. The average molecular weight is 250 g/mol. The minimum absolute atomic E-state index is 0.00481. The first-order chi connectivity index (χ1) is 8.09. The van der Waals surface area contributed by atoms with Gasteiger partial charge >= 0.3 is 5.97 Å². The summed E-state index contributed by atoms with van der Waals surface area (Å²) in [5.74, 6) is -1.49. The molecular formula is C10H18O7. The van der Waals surface area contributed by atoms with Crippen LogP contribution in [0.3, 0.4) is 0 Å². The van der Waals surface area contributed by atoms with E-state index >= 15 is 0 Å². The summed E-state index contributed by atoms with van der Waals surface area (Å²) in [5, 5.41) is 16.8. The Hall–Kier alpha value is -0.730. The van der Waals surface area contributed by atoms with E-state index in [2.05, 4.69) is 4.89 Å². The molecule has 1 heterocycles. The van der Waals surface area contributed by atoms with E-state index in [1.165, 1.54) is 0 Å². The molecule has 0 amide bonds. The molecule has 2 unspecified atom stereocenters. The number of esters is 1. The minimum atomic E-state index is -1.04. The lowest BCUT2D eigenvalue weighted by Crippen LogP contribution is -2.31. The molecule has 0 aromatic heterocycles. The summed E-state index contributed by atoms with van der Waals surface area (Å²) in [4.78, 5) is 15.4. The van der Waals surface area contributed by atoms with Crippen molar-refractivity contribution in [3.8, 4) is 0 Å². The van der Waals surface area contributed by atoms with Gasteiger partial charge in [0.25, 0.3) is 0 Å². The van der Waals surface area contributed by atoms with Crippen molar-refractivity contribution in [2.45, 2.75) is 31.7 Å². The van der Waals surface area contributed by atoms with Gasteiger partial charge in [-0.25, -0.2) is 4.89 Å². The first-order valence-electron chi connectivity index (χ1n) is 5.44. The van der Waals surface area contributed by atoms with Crippen LogP contribution < -0.4 is 0 Å². The molecule has 1 saturated heterocycles. The van der Waals surface area contributed by atoms with E-state index in [1.54, 1.807) is 6.92 Å². The van der Waals surface area contributed by atoms with Gasteiger partial charge in [-0.3, -0.25) is 10.1 Å². The fourth-order valence-corrected chi connectivity index (χ4v) is 1.51. The molecule has 0 aromatic carbocycles. The smallest absolute Gasteiger partial charge is 0.311 e. The van der Waals surface area contributed by atoms with Crippen LogP contribution in [-0.4, -0.2) is 54.7 Å². The number of hydrogen-bond acceptors (Lipinski definition) is 7. The lowest BCUT2D eigenvalue weighted by Gasteiger charge is -2.21. The molecule has 0 aromatic rings. The Kier molecular flexibility index (Phi) is 5.79. The number of ether oxygens (including phenoxy) is 3. The van der Waals surface area contributed by atoms with Crippen molar-refractivity contribution in [3.63, 3.8) is 0 Å². The molecule has 7 heteroatoms. The van der Waals surface area contributed by atoms with Gasteiger partial charge in [0, 0.05) is 13.0 Å². The van der Waals surface area contributed by atoms with Gasteiger partial charge in [-0.15, -0.1) is 0 Å². The maximum atomic E-state index is 11.4. The van der Waals surface area contributed by atoms with E-state index < -0.39 is 17.9 Å². The normalized spacial score (nSPS) is 28.3. The summed E-state index contributed by atoms with van der Waals surface area (Å²) in [6, 6.07) is 0. The van der Waals surface area contributed by atoms with Crippen LogP contribution >= 0.6 is 0 Å². The van der Waals surface area contributed by atoms with Crippen molar-refractivity contribution in [3.05, 3.63) is 0 Å². The minimum Gasteiger partial charge on any atom is -0.465 e. The van der Waals surface area contributed by atoms with Crippen LogP contribution in [0.25, 0.3) is 0 Å². The Balaban J connectivity index is 2.28. The summed E-state index contributed by atoms with van der Waals surface area (Å²) in [7, 11) is 0. The van der Waals surface area contributed by atoms with Crippen LogP contribution in [0.2, 0.25) is 0 Å². The zero-order valence-corrected chi connectivity index (χ0v) is 9.76. The second-order valence-electron chi connectivity index (χ2n) is 3.95. The maximum Gasteiger partial charge on any atom is 0.311 e. The molecule has 2 atom stereocenters. The van der Waals surface area contributed by atoms with E-state index in [9.17, 15) is 4.79 Å². The summed E-state index contributed by atoms with van der Waals surface area (Å²) in [6.07, 6.45) is -0.0267. The zero-order valence-electron chi connectivity index (χ0n) is 9.76. The summed E-state index contributed by atoms with van der Waals surface area (Å²) in [5.41, 5.74) is 0. The number of carbonyl (C=O) groups excluding carboxylic acids is 1. The van der Waals surface area contributed by atoms with Crippen LogP contribution in [0, 0.1) is 0 Å². The van der Waals surface area contributed by atoms with Crippen molar-refractivity contribution in [2.24, 2.45) is 0 Å². The van der Waals surface area contributed by atoms with Gasteiger partial charge in [0.2, 0.25) is 0 Å². The molecule has 0 bridgehead atoms. The molecule has 1 fully saturated rings. The molecule has 100 valence electrons. The van der Waals surface area contributed by atoms with Crippen LogP contribution in [0.15, 0.2) is 0 Å². The molecule has 1 aliphatic rings. The second kappa shape index (κ2) is 6.87. The Labute approximate surface area is 99.2 Å². The van der Waals surface area contributed by atoms with Crippen molar-refractivity contribution in [2.75, 3.05) is 26.4 Å². The van der Waals surface area contributed by atoms with E-state index in [0.29, 0.717) is 6.42 Å². The standard InChI is InChI=1S/C10H18O7/c1-10(5-9(12)14-4-2-3-11)15-6-8(17-10)7-16-13/h8,11,13H,2-7H2,1H3. The molecule has 7 nitrogen and oxygen atoms in total. The van der Waals surface area contributed by atoms with Gasteiger partial charge < -0.3 is 19.3 Å². The van der Waals surface area contributed by atoms with E-state index in [0.717, 1.165) is 0 Å². The largest absolute Gasteiger partial charge is 0.465 e. The zero-order chi connectivity index (χ0) is 12.7. The van der Waals surface area contributed by atoms with Crippen LogP contribution in [0.4, 0.5) is 0 Å². The highest BCUT2D eigenvalue weighted by atomic mass is 17.1. The van der Waals surface area contributed by atoms with Gasteiger partial charge in [-0.2, -0.15) is 0 Å². The Bertz CT molecular complexity index is 245. The van der Waals surface area contributed by atoms with Gasteiger partial charge in [-0.1, -0.05) is 0 Å². The number of rotatable bonds is 7. The average Bonchev–Trinajstić information content (AvgIpc) is 2.61. The fraction of sp³-hybridized carbons (Fsp3) is 0.900. The fourth-order valence-electron chi connectivity index (χ4n) is 1.51. The second-order valence-corrected chi connectivity index (χ2v) is 3.95. The van der Waals surface area contributed by atoms with Crippen LogP contribution in [0.5, 0.6) is 0 Å². The number of hydrogen-bond donors (Lipinski definition) is 2. The van der Waals surface area contributed by atoms with Gasteiger partial charge in [-0.05, 0) is 6.92 Å². The Morgan fingerprint density at radius 1 is 1.59 bits per heavy atom. The van der Waals surface area contributed by atoms with Crippen LogP contribution in [0.1, 0.15) is 19.8 Å². The lowest BCUT2D eigenvalue weighted by molar-refractivity contribution is -0.263. The van der Waals surface area contributed by atoms with Crippen LogP contribution in [-0.2, 0) is 23.9 Å². The molecule has 0 spiro atoms. The highest BCUT2D eigenvalue weighted by Gasteiger charge is 2.39. The van der Waals surface area contributed by atoms with Gasteiger partial charge in [0.15, 0.2) is 5.79 Å². The first kappa shape index (κ1) is 14.3. The summed E-state index contributed by atoms with van der Waals surface area (Å²) >= 11 is 0. The molecule has 1 aliphatic heterocycles. The summed E-state index contributed by atoms with van der Waals surface area (Å²) in [6.45, 7) is 2.02. The molecule has 1 rings (SSSR count). The molecule has 2 N–H and O–H groups in total. The van der Waals surface area contributed by atoms with Crippen molar-refractivity contribution >= 4 is 5.97 Å². The monoisotopic (exact) mass is 250 g/mol. The first-order valence-corrected chi connectivity index (χ1v) is 5.44.